The SMILES string of the molecule is COc1cc(/C=C/c2cc(O)c3c(c2)C[C@@H]2C(C)(C)[C@H](O)CC[C@@]2(C)O3)cc2c1c(-c1cccc3nn(C)cc13)cn2C. The third-order valence-corrected chi connectivity index (χ3v) is 10.1. The van der Waals surface area contributed by atoms with Crippen molar-refractivity contribution in [3.63, 3.8) is 0 Å². The van der Waals surface area contributed by atoms with E-state index < -0.39 is 5.60 Å². The topological polar surface area (TPSA) is 81.7 Å². The third-order valence-electron chi connectivity index (χ3n) is 10.1. The van der Waals surface area contributed by atoms with Crippen molar-refractivity contribution in [2.24, 2.45) is 25.4 Å². The van der Waals surface area contributed by atoms with Gasteiger partial charge in [0.15, 0.2) is 11.5 Å². The van der Waals surface area contributed by atoms with Gasteiger partial charge in [-0.25, -0.2) is 0 Å². The van der Waals surface area contributed by atoms with E-state index in [1.807, 2.05) is 29.9 Å². The summed E-state index contributed by atoms with van der Waals surface area (Å²) in [6.45, 7) is 6.39. The van der Waals surface area contributed by atoms with Crippen LogP contribution in [-0.2, 0) is 20.5 Å². The van der Waals surface area contributed by atoms with Crippen LogP contribution in [0.5, 0.6) is 17.2 Å². The molecule has 7 rings (SSSR count). The Kier molecular flexibility index (Phi) is 6.19. The summed E-state index contributed by atoms with van der Waals surface area (Å²) < 4.78 is 16.4. The molecule has 0 spiro atoms. The Morgan fingerprint density at radius 1 is 1.02 bits per heavy atom. The van der Waals surface area contributed by atoms with Gasteiger partial charge in [-0.1, -0.05) is 38.1 Å². The highest BCUT2D eigenvalue weighted by atomic mass is 16.5. The molecule has 43 heavy (non-hydrogen) atoms. The molecule has 2 aromatic heterocycles. The lowest BCUT2D eigenvalue weighted by Crippen LogP contribution is -2.58. The van der Waals surface area contributed by atoms with Crippen LogP contribution >= 0.6 is 0 Å². The Bertz CT molecular complexity index is 1930. The van der Waals surface area contributed by atoms with Gasteiger partial charge < -0.3 is 24.3 Å². The molecule has 0 bridgehead atoms. The van der Waals surface area contributed by atoms with Gasteiger partial charge in [0.05, 0.1) is 24.2 Å². The van der Waals surface area contributed by atoms with E-state index in [1.165, 1.54) is 0 Å². The van der Waals surface area contributed by atoms with Crippen LogP contribution in [0.1, 0.15) is 50.3 Å². The van der Waals surface area contributed by atoms with Gasteiger partial charge in [0.2, 0.25) is 0 Å². The van der Waals surface area contributed by atoms with E-state index in [2.05, 4.69) is 80.2 Å². The molecule has 3 aromatic carbocycles. The Labute approximate surface area is 252 Å². The van der Waals surface area contributed by atoms with Crippen LogP contribution < -0.4 is 9.47 Å². The number of phenolic OH excluding ortho intramolecular Hbond substituents is 1. The van der Waals surface area contributed by atoms with Crippen molar-refractivity contribution in [1.29, 1.82) is 0 Å². The van der Waals surface area contributed by atoms with Gasteiger partial charge in [-0.15, -0.1) is 0 Å². The van der Waals surface area contributed by atoms with Crippen LogP contribution in [0.15, 0.2) is 54.9 Å². The van der Waals surface area contributed by atoms with Gasteiger partial charge in [0, 0.05) is 48.7 Å². The molecular weight excluding hydrogens is 538 g/mol. The molecule has 7 heteroatoms. The number of ether oxygens (including phenoxy) is 2. The molecule has 2 N–H and O–H groups in total. The molecule has 1 saturated carbocycles. The van der Waals surface area contributed by atoms with Gasteiger partial charge in [-0.2, -0.15) is 5.10 Å². The molecule has 3 atom stereocenters. The minimum Gasteiger partial charge on any atom is -0.504 e. The number of aryl methyl sites for hydroxylation is 2. The second-order valence-corrected chi connectivity index (χ2v) is 13.2. The summed E-state index contributed by atoms with van der Waals surface area (Å²) in [5.41, 5.74) is 6.42. The zero-order valence-electron chi connectivity index (χ0n) is 25.7. The first-order valence-corrected chi connectivity index (χ1v) is 15.0. The molecule has 1 aliphatic heterocycles. The van der Waals surface area contributed by atoms with Crippen molar-refractivity contribution >= 4 is 34.0 Å². The van der Waals surface area contributed by atoms with Crippen molar-refractivity contribution in [3.05, 3.63) is 71.5 Å². The van der Waals surface area contributed by atoms with Gasteiger partial charge >= 0.3 is 0 Å². The minimum atomic E-state index is -0.410. The number of aliphatic hydroxyl groups is 1. The van der Waals surface area contributed by atoms with Gasteiger partial charge in [-0.05, 0) is 84.2 Å². The fourth-order valence-electron chi connectivity index (χ4n) is 7.65. The number of methoxy groups -OCH3 is 1. The molecule has 0 unspecified atom stereocenters. The van der Waals surface area contributed by atoms with E-state index in [0.29, 0.717) is 12.2 Å². The van der Waals surface area contributed by atoms with E-state index in [4.69, 9.17) is 9.47 Å². The molecule has 3 heterocycles. The minimum absolute atomic E-state index is 0.144. The highest BCUT2D eigenvalue weighted by molar-refractivity contribution is 6.07. The van der Waals surface area contributed by atoms with Crippen LogP contribution in [0.25, 0.3) is 45.1 Å². The number of aromatic nitrogens is 3. The lowest BCUT2D eigenvalue weighted by Gasteiger charge is -2.55. The quantitative estimate of drug-likeness (QED) is 0.223. The van der Waals surface area contributed by atoms with Gasteiger partial charge in [0.1, 0.15) is 11.4 Å². The standard InChI is InChI=1S/C36H39N3O4/c1-35(2)31-18-23-14-21(16-29(40)34(23)43-36(31,3)13-12-32(35)41)10-11-22-15-28-33(30(17-22)42-6)26(19-38(28)4)24-8-7-9-27-25(24)20-39(5)37-27/h7-11,14-17,19-20,31-32,40-41H,12-13,18H2,1-6H3/b11-10+/t31-,32-,36-/m1/s1. The number of aromatic hydroxyl groups is 1. The van der Waals surface area contributed by atoms with Gasteiger partial charge in [-0.3, -0.25) is 4.68 Å². The smallest absolute Gasteiger partial charge is 0.164 e. The number of aliphatic hydroxyl groups excluding tert-OH is 1. The van der Waals surface area contributed by atoms with E-state index in [1.54, 1.807) is 13.2 Å². The van der Waals surface area contributed by atoms with Crippen LogP contribution in [0.3, 0.4) is 0 Å². The predicted molar refractivity (Wildman–Crippen MR) is 171 cm³/mol. The molecule has 7 nitrogen and oxygen atoms in total. The molecule has 2 aliphatic rings. The number of benzene rings is 3. The fraction of sp³-hybridized carbons (Fsp3) is 0.361. The molecule has 0 radical (unpaired) electrons. The number of hydrogen-bond donors (Lipinski definition) is 2. The van der Waals surface area contributed by atoms with Crippen LogP contribution in [-0.4, -0.2) is 43.4 Å². The Morgan fingerprint density at radius 3 is 2.56 bits per heavy atom. The van der Waals surface area contributed by atoms with Crippen molar-refractivity contribution in [3.8, 4) is 28.4 Å². The first-order chi connectivity index (χ1) is 20.5. The Hall–Kier alpha value is -4.23. The Balaban J connectivity index is 1.26. The molecule has 0 saturated heterocycles. The average molecular weight is 578 g/mol. The maximum atomic E-state index is 11.0. The second kappa shape index (κ2) is 9.64. The lowest BCUT2D eigenvalue weighted by molar-refractivity contribution is -0.138. The van der Waals surface area contributed by atoms with Crippen LogP contribution in [0.4, 0.5) is 0 Å². The largest absolute Gasteiger partial charge is 0.504 e. The third kappa shape index (κ3) is 4.32. The predicted octanol–water partition coefficient (Wildman–Crippen LogP) is 7.11. The summed E-state index contributed by atoms with van der Waals surface area (Å²) in [4.78, 5) is 0. The van der Waals surface area contributed by atoms with Crippen LogP contribution in [0.2, 0.25) is 0 Å². The molecule has 0 amide bonds. The number of phenols is 1. The van der Waals surface area contributed by atoms with E-state index in [-0.39, 0.29) is 23.2 Å². The molecule has 5 aromatic rings. The fourth-order valence-corrected chi connectivity index (χ4v) is 7.65. The molecule has 1 fully saturated rings. The average Bonchev–Trinajstić information content (AvgIpc) is 3.52. The number of fused-ring (bicyclic) bond motifs is 4. The van der Waals surface area contributed by atoms with Gasteiger partial charge in [0.25, 0.3) is 0 Å². The molecular formula is C36H39N3O4. The Morgan fingerprint density at radius 2 is 1.79 bits per heavy atom. The maximum Gasteiger partial charge on any atom is 0.164 e. The van der Waals surface area contributed by atoms with Crippen molar-refractivity contribution in [2.75, 3.05) is 7.11 Å². The van der Waals surface area contributed by atoms with Crippen LogP contribution in [0, 0.1) is 11.3 Å². The zero-order valence-corrected chi connectivity index (χ0v) is 25.7. The van der Waals surface area contributed by atoms with E-state index >= 15 is 0 Å². The van der Waals surface area contributed by atoms with E-state index in [0.717, 1.165) is 68.2 Å². The highest BCUT2D eigenvalue weighted by Crippen LogP contribution is 2.54. The summed E-state index contributed by atoms with van der Waals surface area (Å²) in [6.07, 6.45) is 10.1. The summed E-state index contributed by atoms with van der Waals surface area (Å²) >= 11 is 0. The summed E-state index contributed by atoms with van der Waals surface area (Å²) in [6, 6.07) is 14.3. The molecule has 1 aliphatic carbocycles. The highest BCUT2D eigenvalue weighted by Gasteiger charge is 2.54. The summed E-state index contributed by atoms with van der Waals surface area (Å²) in [5.74, 6) is 1.68. The normalized spacial score (nSPS) is 23.0. The van der Waals surface area contributed by atoms with E-state index in [9.17, 15) is 10.2 Å². The maximum absolute atomic E-state index is 11.0. The first-order valence-electron chi connectivity index (χ1n) is 15.0. The number of rotatable bonds is 4. The summed E-state index contributed by atoms with van der Waals surface area (Å²) in [5, 5.41) is 28.6. The number of nitrogens with zero attached hydrogens (tertiary/aromatic N) is 3. The number of hydrogen-bond acceptors (Lipinski definition) is 5. The molecule has 222 valence electrons. The lowest BCUT2D eigenvalue weighted by atomic mass is 9.57. The first kappa shape index (κ1) is 27.6. The summed E-state index contributed by atoms with van der Waals surface area (Å²) in [7, 11) is 5.71. The monoisotopic (exact) mass is 577 g/mol. The zero-order chi connectivity index (χ0) is 30.3. The second-order valence-electron chi connectivity index (χ2n) is 13.2. The van der Waals surface area contributed by atoms with Crippen molar-refractivity contribution in [2.45, 2.75) is 51.7 Å². The van der Waals surface area contributed by atoms with Crippen molar-refractivity contribution in [1.82, 2.24) is 14.3 Å². The van der Waals surface area contributed by atoms with Crippen molar-refractivity contribution < 1.29 is 19.7 Å².